The largest absolute Gasteiger partial charge is 0.496 e. The van der Waals surface area contributed by atoms with Crippen LogP contribution in [-0.2, 0) is 0 Å². The molecule has 0 unspecified atom stereocenters. The standard InChI is InChI=1S/C17H12O6/c1-22-11-5-3-4-9-13(11)16(19)10-6-8(17(20)21)7-12(23-2)14(10)15(9)18/h3-7H,1-2H3,(H,20,21). The molecule has 0 spiro atoms. The van der Waals surface area contributed by atoms with Crippen LogP contribution in [0.3, 0.4) is 0 Å². The van der Waals surface area contributed by atoms with Crippen LogP contribution < -0.4 is 9.47 Å². The number of carbonyl (C=O) groups is 3. The van der Waals surface area contributed by atoms with Crippen LogP contribution in [0.5, 0.6) is 11.5 Å². The maximum atomic E-state index is 12.8. The molecular formula is C17H12O6. The lowest BCUT2D eigenvalue weighted by Gasteiger charge is -2.21. The molecule has 0 fully saturated rings. The van der Waals surface area contributed by atoms with Crippen molar-refractivity contribution in [3.05, 3.63) is 58.1 Å². The van der Waals surface area contributed by atoms with Gasteiger partial charge in [0.1, 0.15) is 11.5 Å². The molecule has 0 saturated heterocycles. The summed E-state index contributed by atoms with van der Waals surface area (Å²) in [7, 11) is 2.72. The van der Waals surface area contributed by atoms with Crippen LogP contribution in [0, 0.1) is 0 Å². The molecule has 1 aliphatic rings. The summed E-state index contributed by atoms with van der Waals surface area (Å²) in [4.78, 5) is 36.8. The summed E-state index contributed by atoms with van der Waals surface area (Å²) < 4.78 is 10.3. The third-order valence-corrected chi connectivity index (χ3v) is 3.76. The Kier molecular flexibility index (Phi) is 3.37. The summed E-state index contributed by atoms with van der Waals surface area (Å²) in [6.07, 6.45) is 0. The van der Waals surface area contributed by atoms with Crippen LogP contribution >= 0.6 is 0 Å². The number of rotatable bonds is 3. The lowest BCUT2D eigenvalue weighted by molar-refractivity contribution is 0.0696. The molecule has 3 rings (SSSR count). The Morgan fingerprint density at radius 3 is 2.13 bits per heavy atom. The molecule has 0 saturated carbocycles. The monoisotopic (exact) mass is 312 g/mol. The molecule has 0 heterocycles. The third kappa shape index (κ3) is 2.07. The number of ether oxygens (including phenoxy) is 2. The number of hydrogen-bond acceptors (Lipinski definition) is 5. The highest BCUT2D eigenvalue weighted by Crippen LogP contribution is 2.37. The van der Waals surface area contributed by atoms with Crippen LogP contribution in [0.15, 0.2) is 30.3 Å². The van der Waals surface area contributed by atoms with Gasteiger partial charge in [0, 0.05) is 11.1 Å². The van der Waals surface area contributed by atoms with Crippen LogP contribution in [0.25, 0.3) is 0 Å². The topological polar surface area (TPSA) is 89.9 Å². The van der Waals surface area contributed by atoms with Crippen molar-refractivity contribution in [3.8, 4) is 11.5 Å². The summed E-state index contributed by atoms with van der Waals surface area (Å²) in [5.74, 6) is -1.74. The summed E-state index contributed by atoms with van der Waals surface area (Å²) in [5.41, 5.74) is 0.299. The van der Waals surface area contributed by atoms with E-state index in [0.29, 0.717) is 0 Å². The Bertz CT molecular complexity index is 866. The van der Waals surface area contributed by atoms with Crippen molar-refractivity contribution in [2.24, 2.45) is 0 Å². The first kappa shape index (κ1) is 14.8. The van der Waals surface area contributed by atoms with Gasteiger partial charge in [-0.1, -0.05) is 12.1 Å². The Balaban J connectivity index is 2.35. The van der Waals surface area contributed by atoms with E-state index in [2.05, 4.69) is 0 Å². The molecule has 0 amide bonds. The fraction of sp³-hybridized carbons (Fsp3) is 0.118. The Labute approximate surface area is 131 Å². The summed E-state index contributed by atoms with van der Waals surface area (Å²) in [6, 6.07) is 7.15. The SMILES string of the molecule is COc1cccc2c1C(=O)c1cc(C(=O)O)cc(OC)c1C2=O. The number of benzene rings is 2. The molecule has 1 aliphatic carbocycles. The maximum absolute atomic E-state index is 12.8. The van der Waals surface area contributed by atoms with Gasteiger partial charge in [0.05, 0.1) is 30.9 Å². The van der Waals surface area contributed by atoms with Crippen molar-refractivity contribution in [2.45, 2.75) is 0 Å². The van der Waals surface area contributed by atoms with Gasteiger partial charge in [-0.25, -0.2) is 4.79 Å². The second-order valence-electron chi connectivity index (χ2n) is 4.95. The van der Waals surface area contributed by atoms with E-state index in [4.69, 9.17) is 9.47 Å². The lowest BCUT2D eigenvalue weighted by Crippen LogP contribution is -2.23. The first-order valence-corrected chi connectivity index (χ1v) is 6.71. The molecule has 0 aliphatic heterocycles. The fourth-order valence-corrected chi connectivity index (χ4v) is 2.71. The second-order valence-corrected chi connectivity index (χ2v) is 4.95. The van der Waals surface area contributed by atoms with E-state index in [1.165, 1.54) is 32.4 Å². The molecule has 0 bridgehead atoms. The predicted octanol–water partition coefficient (Wildman–Crippen LogP) is 2.18. The van der Waals surface area contributed by atoms with Crippen molar-refractivity contribution < 1.29 is 29.0 Å². The Morgan fingerprint density at radius 1 is 0.913 bits per heavy atom. The van der Waals surface area contributed by atoms with Crippen molar-refractivity contribution in [1.29, 1.82) is 0 Å². The summed E-state index contributed by atoms with van der Waals surface area (Å²) >= 11 is 0. The Morgan fingerprint density at radius 2 is 1.52 bits per heavy atom. The van der Waals surface area contributed by atoms with Gasteiger partial charge in [0.25, 0.3) is 0 Å². The van der Waals surface area contributed by atoms with Gasteiger partial charge in [0.15, 0.2) is 11.6 Å². The minimum Gasteiger partial charge on any atom is -0.496 e. The van der Waals surface area contributed by atoms with Gasteiger partial charge in [-0.15, -0.1) is 0 Å². The average molecular weight is 312 g/mol. The van der Waals surface area contributed by atoms with Crippen molar-refractivity contribution >= 4 is 17.5 Å². The quantitative estimate of drug-likeness (QED) is 0.797. The first-order chi connectivity index (χ1) is 11.0. The lowest BCUT2D eigenvalue weighted by atomic mass is 9.82. The number of carbonyl (C=O) groups excluding carboxylic acids is 2. The van der Waals surface area contributed by atoms with E-state index in [1.54, 1.807) is 12.1 Å². The summed E-state index contributed by atoms with van der Waals surface area (Å²) in [5, 5.41) is 9.18. The van der Waals surface area contributed by atoms with E-state index in [0.717, 1.165) is 0 Å². The second kappa shape index (κ2) is 5.24. The molecule has 0 radical (unpaired) electrons. The predicted molar refractivity (Wildman–Crippen MR) is 79.8 cm³/mol. The van der Waals surface area contributed by atoms with E-state index in [9.17, 15) is 19.5 Å². The molecule has 2 aromatic carbocycles. The van der Waals surface area contributed by atoms with Gasteiger partial charge < -0.3 is 14.6 Å². The van der Waals surface area contributed by atoms with Crippen molar-refractivity contribution in [2.75, 3.05) is 14.2 Å². The zero-order valence-electron chi connectivity index (χ0n) is 12.4. The van der Waals surface area contributed by atoms with Gasteiger partial charge in [-0.05, 0) is 18.2 Å². The van der Waals surface area contributed by atoms with E-state index < -0.39 is 17.5 Å². The normalized spacial score (nSPS) is 12.4. The number of carboxylic acids is 1. The van der Waals surface area contributed by atoms with Gasteiger partial charge in [0.2, 0.25) is 0 Å². The minimum atomic E-state index is -1.21. The molecule has 6 nitrogen and oxygen atoms in total. The number of fused-ring (bicyclic) bond motifs is 2. The number of aromatic carboxylic acids is 1. The van der Waals surface area contributed by atoms with Gasteiger partial charge in [-0.2, -0.15) is 0 Å². The van der Waals surface area contributed by atoms with Gasteiger partial charge >= 0.3 is 5.97 Å². The first-order valence-electron chi connectivity index (χ1n) is 6.71. The highest BCUT2D eigenvalue weighted by atomic mass is 16.5. The molecule has 116 valence electrons. The van der Waals surface area contributed by atoms with Crippen molar-refractivity contribution in [1.82, 2.24) is 0 Å². The fourth-order valence-electron chi connectivity index (χ4n) is 2.71. The molecular weight excluding hydrogens is 300 g/mol. The molecule has 23 heavy (non-hydrogen) atoms. The molecule has 1 N–H and O–H groups in total. The highest BCUT2D eigenvalue weighted by molar-refractivity contribution is 6.30. The zero-order valence-corrected chi connectivity index (χ0v) is 12.4. The Hall–Kier alpha value is -3.15. The van der Waals surface area contributed by atoms with E-state index in [-0.39, 0.29) is 39.3 Å². The van der Waals surface area contributed by atoms with Crippen LogP contribution in [0.2, 0.25) is 0 Å². The highest BCUT2D eigenvalue weighted by Gasteiger charge is 2.35. The molecule has 0 atom stereocenters. The van der Waals surface area contributed by atoms with Crippen LogP contribution in [-0.4, -0.2) is 36.9 Å². The number of methoxy groups -OCH3 is 2. The zero-order chi connectivity index (χ0) is 16.7. The maximum Gasteiger partial charge on any atom is 0.335 e. The van der Waals surface area contributed by atoms with Crippen LogP contribution in [0.1, 0.15) is 42.2 Å². The average Bonchev–Trinajstić information content (AvgIpc) is 2.57. The van der Waals surface area contributed by atoms with Crippen LogP contribution in [0.4, 0.5) is 0 Å². The number of ketones is 2. The molecule has 6 heteroatoms. The number of hydrogen-bond donors (Lipinski definition) is 1. The minimum absolute atomic E-state index is 0.00347. The smallest absolute Gasteiger partial charge is 0.335 e. The third-order valence-electron chi connectivity index (χ3n) is 3.76. The number of carboxylic acid groups (broad SMARTS) is 1. The van der Waals surface area contributed by atoms with Gasteiger partial charge in [-0.3, -0.25) is 9.59 Å². The molecule has 2 aromatic rings. The summed E-state index contributed by atoms with van der Waals surface area (Å²) in [6.45, 7) is 0. The van der Waals surface area contributed by atoms with E-state index >= 15 is 0 Å². The van der Waals surface area contributed by atoms with E-state index in [1.807, 2.05) is 0 Å². The molecule has 0 aromatic heterocycles. The van der Waals surface area contributed by atoms with Crippen molar-refractivity contribution in [3.63, 3.8) is 0 Å².